The molecule has 1 aromatic carbocycles. The highest BCUT2D eigenvalue weighted by Gasteiger charge is 2.27. The lowest BCUT2D eigenvalue weighted by atomic mass is 10.0. The van der Waals surface area contributed by atoms with Gasteiger partial charge < -0.3 is 0 Å². The van der Waals surface area contributed by atoms with Gasteiger partial charge >= 0.3 is 0 Å². The van der Waals surface area contributed by atoms with Crippen LogP contribution in [0, 0.1) is 11.6 Å². The second-order valence-corrected chi connectivity index (χ2v) is 6.47. The van der Waals surface area contributed by atoms with Crippen LogP contribution in [-0.4, -0.2) is 40.8 Å². The molecule has 2 unspecified atom stereocenters. The zero-order valence-electron chi connectivity index (χ0n) is 11.7. The lowest BCUT2D eigenvalue weighted by molar-refractivity contribution is 0.0841. The molecule has 1 saturated heterocycles. The van der Waals surface area contributed by atoms with Crippen molar-refractivity contribution >= 4 is 17.5 Å². The zero-order chi connectivity index (χ0) is 14.7. The topological polar surface area (TPSA) is 20.3 Å². The van der Waals surface area contributed by atoms with Gasteiger partial charge in [0.15, 0.2) is 17.4 Å². The lowest BCUT2D eigenvalue weighted by Crippen LogP contribution is -2.46. The van der Waals surface area contributed by atoms with E-state index in [1.807, 2.05) is 18.7 Å². The second kappa shape index (κ2) is 6.68. The number of hydrogen-bond donors (Lipinski definition) is 0. The summed E-state index contributed by atoms with van der Waals surface area (Å²) in [5.74, 6) is -1.03. The summed E-state index contributed by atoms with van der Waals surface area (Å²) in [6, 6.07) is 3.06. The highest BCUT2D eigenvalue weighted by Crippen LogP contribution is 2.23. The van der Waals surface area contributed by atoms with E-state index in [-0.39, 0.29) is 17.4 Å². The SMILES string of the molecule is CCC1CN(C(C)C(=O)c2ccc(F)c(F)c2)CCS1. The number of carbonyl (C=O) groups is 1. The van der Waals surface area contributed by atoms with Gasteiger partial charge in [0, 0.05) is 29.7 Å². The van der Waals surface area contributed by atoms with E-state index in [0.717, 1.165) is 37.4 Å². The Labute approximate surface area is 122 Å². The molecule has 0 bridgehead atoms. The Kier molecular flexibility index (Phi) is 5.16. The summed E-state index contributed by atoms with van der Waals surface area (Å²) in [5.41, 5.74) is 0.239. The average molecular weight is 299 g/mol. The fraction of sp³-hybridized carbons (Fsp3) is 0.533. The van der Waals surface area contributed by atoms with E-state index in [1.54, 1.807) is 0 Å². The molecule has 2 nitrogen and oxygen atoms in total. The van der Waals surface area contributed by atoms with Gasteiger partial charge in [-0.2, -0.15) is 11.8 Å². The highest BCUT2D eigenvalue weighted by molar-refractivity contribution is 8.00. The number of rotatable bonds is 4. The minimum atomic E-state index is -0.969. The number of thioether (sulfide) groups is 1. The first kappa shape index (κ1) is 15.4. The van der Waals surface area contributed by atoms with Gasteiger partial charge in [-0.05, 0) is 31.5 Å². The first-order valence-corrected chi connectivity index (χ1v) is 7.92. The third kappa shape index (κ3) is 3.38. The molecule has 1 heterocycles. The summed E-state index contributed by atoms with van der Waals surface area (Å²) in [6.45, 7) is 5.71. The Bertz CT molecular complexity index is 495. The Morgan fingerprint density at radius 2 is 2.20 bits per heavy atom. The van der Waals surface area contributed by atoms with Crippen molar-refractivity contribution in [3.05, 3.63) is 35.4 Å². The maximum atomic E-state index is 13.2. The van der Waals surface area contributed by atoms with Crippen molar-refractivity contribution < 1.29 is 13.6 Å². The number of Topliss-reactive ketones (excluding diaryl/α,β-unsaturated/α-hetero) is 1. The van der Waals surface area contributed by atoms with E-state index < -0.39 is 11.6 Å². The second-order valence-electron chi connectivity index (χ2n) is 5.07. The van der Waals surface area contributed by atoms with Gasteiger partial charge in [-0.1, -0.05) is 6.92 Å². The minimum Gasteiger partial charge on any atom is -0.292 e. The summed E-state index contributed by atoms with van der Waals surface area (Å²) in [6.07, 6.45) is 1.08. The van der Waals surface area contributed by atoms with Gasteiger partial charge in [0.2, 0.25) is 0 Å². The van der Waals surface area contributed by atoms with Crippen molar-refractivity contribution in [1.82, 2.24) is 4.90 Å². The molecule has 110 valence electrons. The maximum absolute atomic E-state index is 13.2. The summed E-state index contributed by atoms with van der Waals surface area (Å²) in [4.78, 5) is 14.5. The van der Waals surface area contributed by atoms with Crippen LogP contribution in [0.1, 0.15) is 30.6 Å². The number of ketones is 1. The van der Waals surface area contributed by atoms with Crippen LogP contribution in [0.3, 0.4) is 0 Å². The van der Waals surface area contributed by atoms with E-state index in [9.17, 15) is 13.6 Å². The molecule has 20 heavy (non-hydrogen) atoms. The third-order valence-electron chi connectivity index (χ3n) is 3.76. The lowest BCUT2D eigenvalue weighted by Gasteiger charge is -2.35. The summed E-state index contributed by atoms with van der Waals surface area (Å²) >= 11 is 1.93. The smallest absolute Gasteiger partial charge is 0.179 e. The third-order valence-corrected chi connectivity index (χ3v) is 5.13. The zero-order valence-corrected chi connectivity index (χ0v) is 12.6. The Balaban J connectivity index is 2.09. The molecule has 2 rings (SSSR count). The van der Waals surface area contributed by atoms with E-state index in [1.165, 1.54) is 6.07 Å². The molecule has 1 aromatic rings. The van der Waals surface area contributed by atoms with Gasteiger partial charge in [-0.3, -0.25) is 9.69 Å². The van der Waals surface area contributed by atoms with Crippen molar-refractivity contribution in [1.29, 1.82) is 0 Å². The first-order chi connectivity index (χ1) is 9.52. The average Bonchev–Trinajstić information content (AvgIpc) is 2.48. The monoisotopic (exact) mass is 299 g/mol. The van der Waals surface area contributed by atoms with Gasteiger partial charge in [0.25, 0.3) is 0 Å². The Hall–Kier alpha value is -0.940. The molecule has 2 atom stereocenters. The summed E-state index contributed by atoms with van der Waals surface area (Å²) < 4.78 is 26.1. The van der Waals surface area contributed by atoms with Crippen molar-refractivity contribution in [2.75, 3.05) is 18.8 Å². The predicted octanol–water partition coefficient (Wildman–Crippen LogP) is 3.36. The molecule has 5 heteroatoms. The minimum absolute atomic E-state index is 0.148. The van der Waals surface area contributed by atoms with Gasteiger partial charge in [0.1, 0.15) is 0 Å². The standard InChI is InChI=1S/C15H19F2NOS/c1-3-12-9-18(6-7-20-12)10(2)15(19)11-4-5-13(16)14(17)8-11/h4-5,8,10,12H,3,6-7,9H2,1-2H3. The van der Waals surface area contributed by atoms with Crippen molar-refractivity contribution in [3.63, 3.8) is 0 Å². The van der Waals surface area contributed by atoms with E-state index in [2.05, 4.69) is 11.8 Å². The van der Waals surface area contributed by atoms with Gasteiger partial charge in [-0.25, -0.2) is 8.78 Å². The van der Waals surface area contributed by atoms with Crippen molar-refractivity contribution in [2.45, 2.75) is 31.6 Å². The number of nitrogens with zero attached hydrogens (tertiary/aromatic N) is 1. The van der Waals surface area contributed by atoms with Crippen molar-refractivity contribution in [2.24, 2.45) is 0 Å². The number of halogens is 2. The highest BCUT2D eigenvalue weighted by atomic mass is 32.2. The number of carbonyl (C=O) groups excluding carboxylic acids is 1. The fourth-order valence-corrected chi connectivity index (χ4v) is 3.60. The van der Waals surface area contributed by atoms with E-state index in [0.29, 0.717) is 5.25 Å². The fourth-order valence-electron chi connectivity index (χ4n) is 2.40. The number of benzene rings is 1. The first-order valence-electron chi connectivity index (χ1n) is 6.87. The van der Waals surface area contributed by atoms with Gasteiger partial charge in [0.05, 0.1) is 6.04 Å². The van der Waals surface area contributed by atoms with E-state index >= 15 is 0 Å². The van der Waals surface area contributed by atoms with Crippen LogP contribution in [0.5, 0.6) is 0 Å². The molecule has 0 saturated carbocycles. The largest absolute Gasteiger partial charge is 0.292 e. The quantitative estimate of drug-likeness (QED) is 0.795. The van der Waals surface area contributed by atoms with Crippen LogP contribution in [0.15, 0.2) is 18.2 Å². The summed E-state index contributed by atoms with van der Waals surface area (Å²) in [5, 5.41) is 0.545. The maximum Gasteiger partial charge on any atom is 0.179 e. The van der Waals surface area contributed by atoms with Crippen LogP contribution < -0.4 is 0 Å². The van der Waals surface area contributed by atoms with Gasteiger partial charge in [-0.15, -0.1) is 0 Å². The molecule has 1 aliphatic heterocycles. The van der Waals surface area contributed by atoms with Crippen LogP contribution in [0.4, 0.5) is 8.78 Å². The molecule has 1 aliphatic rings. The van der Waals surface area contributed by atoms with Crippen LogP contribution in [-0.2, 0) is 0 Å². The van der Waals surface area contributed by atoms with Crippen LogP contribution in [0.25, 0.3) is 0 Å². The normalized spacial score (nSPS) is 21.7. The van der Waals surface area contributed by atoms with E-state index in [4.69, 9.17) is 0 Å². The predicted molar refractivity (Wildman–Crippen MR) is 78.3 cm³/mol. The van der Waals surface area contributed by atoms with Crippen molar-refractivity contribution in [3.8, 4) is 0 Å². The van der Waals surface area contributed by atoms with Crippen LogP contribution in [0.2, 0.25) is 0 Å². The molecule has 0 radical (unpaired) electrons. The summed E-state index contributed by atoms with van der Waals surface area (Å²) in [7, 11) is 0. The molecular formula is C15H19F2NOS. The molecule has 0 N–H and O–H groups in total. The molecule has 0 amide bonds. The molecule has 1 fully saturated rings. The molecule has 0 spiro atoms. The Morgan fingerprint density at radius 1 is 1.45 bits per heavy atom. The number of hydrogen-bond acceptors (Lipinski definition) is 3. The Morgan fingerprint density at radius 3 is 2.85 bits per heavy atom. The van der Waals surface area contributed by atoms with Crippen LogP contribution >= 0.6 is 11.8 Å². The molecular weight excluding hydrogens is 280 g/mol. The molecule has 0 aliphatic carbocycles. The molecule has 0 aromatic heterocycles.